The van der Waals surface area contributed by atoms with Gasteiger partial charge < -0.3 is 15.6 Å². The number of ether oxygens (including phenoxy) is 1. The average Bonchev–Trinajstić information content (AvgIpc) is 2.20. The molecule has 0 spiro atoms. The van der Waals surface area contributed by atoms with Crippen LogP contribution >= 0.6 is 15.9 Å². The van der Waals surface area contributed by atoms with Crippen molar-refractivity contribution in [3.8, 4) is 5.75 Å². The third-order valence-corrected chi connectivity index (χ3v) is 3.07. The summed E-state index contributed by atoms with van der Waals surface area (Å²) in [6, 6.07) is 2.95. The summed E-state index contributed by atoms with van der Waals surface area (Å²) < 4.78 is 19.3. The zero-order valence-electron chi connectivity index (χ0n) is 7.96. The van der Waals surface area contributed by atoms with E-state index < -0.39 is 11.4 Å². The van der Waals surface area contributed by atoms with Crippen LogP contribution in [-0.4, -0.2) is 18.3 Å². The van der Waals surface area contributed by atoms with Crippen molar-refractivity contribution in [2.24, 2.45) is 5.73 Å². The molecule has 0 amide bonds. The van der Waals surface area contributed by atoms with Crippen molar-refractivity contribution in [2.45, 2.75) is 12.0 Å². The zero-order valence-corrected chi connectivity index (χ0v) is 9.55. The summed E-state index contributed by atoms with van der Waals surface area (Å²) in [5.74, 6) is -0.372. The van der Waals surface area contributed by atoms with E-state index in [1.54, 1.807) is 6.07 Å². The molecule has 3 nitrogen and oxygen atoms in total. The van der Waals surface area contributed by atoms with Gasteiger partial charge in [0.2, 0.25) is 0 Å². The highest BCUT2D eigenvalue weighted by Crippen LogP contribution is 2.39. The minimum Gasteiger partial charge on any atom is -0.490 e. The van der Waals surface area contributed by atoms with Crippen molar-refractivity contribution in [1.29, 1.82) is 0 Å². The Morgan fingerprint density at radius 1 is 1.60 bits per heavy atom. The predicted octanol–water partition coefficient (Wildman–Crippen LogP) is 1.52. The standard InChI is InChI=1S/C10H11BrFNO2/c11-6-3-7-9(8(12)4-6)15-2-1-10(7,14)5-13/h3-4,14H,1-2,5,13H2. The number of halogens is 2. The van der Waals surface area contributed by atoms with Crippen LogP contribution in [-0.2, 0) is 5.60 Å². The lowest BCUT2D eigenvalue weighted by Gasteiger charge is -2.33. The Morgan fingerprint density at radius 3 is 3.00 bits per heavy atom. The van der Waals surface area contributed by atoms with Gasteiger partial charge in [0, 0.05) is 23.0 Å². The lowest BCUT2D eigenvalue weighted by Crippen LogP contribution is -2.39. The molecule has 1 aromatic carbocycles. The first-order chi connectivity index (χ1) is 7.07. The van der Waals surface area contributed by atoms with E-state index in [1.165, 1.54) is 6.07 Å². The molecule has 5 heteroatoms. The fourth-order valence-electron chi connectivity index (χ4n) is 1.72. The topological polar surface area (TPSA) is 55.5 Å². The second-order valence-corrected chi connectivity index (χ2v) is 4.51. The first-order valence-corrected chi connectivity index (χ1v) is 5.41. The zero-order chi connectivity index (χ0) is 11.1. The monoisotopic (exact) mass is 275 g/mol. The molecule has 1 aliphatic heterocycles. The van der Waals surface area contributed by atoms with E-state index in [-0.39, 0.29) is 18.9 Å². The van der Waals surface area contributed by atoms with Gasteiger partial charge in [-0.1, -0.05) is 15.9 Å². The third kappa shape index (κ3) is 1.75. The molecule has 0 aromatic heterocycles. The van der Waals surface area contributed by atoms with E-state index in [1.807, 2.05) is 0 Å². The Kier molecular flexibility index (Phi) is 2.70. The van der Waals surface area contributed by atoms with E-state index in [0.717, 1.165) is 0 Å². The summed E-state index contributed by atoms with van der Waals surface area (Å²) in [5, 5.41) is 10.2. The Labute approximate surface area is 95.2 Å². The van der Waals surface area contributed by atoms with Gasteiger partial charge in [-0.25, -0.2) is 4.39 Å². The van der Waals surface area contributed by atoms with E-state index >= 15 is 0 Å². The average molecular weight is 276 g/mol. The second kappa shape index (κ2) is 3.73. The highest BCUT2D eigenvalue weighted by molar-refractivity contribution is 9.10. The Balaban J connectivity index is 2.60. The van der Waals surface area contributed by atoms with Gasteiger partial charge in [-0.3, -0.25) is 0 Å². The molecule has 15 heavy (non-hydrogen) atoms. The molecule has 1 atom stereocenters. The molecule has 0 bridgehead atoms. The van der Waals surface area contributed by atoms with Crippen LogP contribution in [0.2, 0.25) is 0 Å². The van der Waals surface area contributed by atoms with Gasteiger partial charge in [-0.2, -0.15) is 0 Å². The third-order valence-electron chi connectivity index (χ3n) is 2.61. The van der Waals surface area contributed by atoms with Crippen LogP contribution in [0.5, 0.6) is 5.75 Å². The normalized spacial score (nSPS) is 24.5. The minimum absolute atomic E-state index is 0.0548. The lowest BCUT2D eigenvalue weighted by molar-refractivity contribution is 0.00371. The SMILES string of the molecule is NCC1(O)CCOc2c(F)cc(Br)cc21. The van der Waals surface area contributed by atoms with Gasteiger partial charge >= 0.3 is 0 Å². The summed E-state index contributed by atoms with van der Waals surface area (Å²) in [6.07, 6.45) is 0.381. The van der Waals surface area contributed by atoms with Crippen LogP contribution in [0.25, 0.3) is 0 Å². The smallest absolute Gasteiger partial charge is 0.166 e. The maximum Gasteiger partial charge on any atom is 0.166 e. The molecule has 0 aliphatic carbocycles. The van der Waals surface area contributed by atoms with Gasteiger partial charge in [0.05, 0.1) is 6.61 Å². The number of fused-ring (bicyclic) bond motifs is 1. The highest BCUT2D eigenvalue weighted by atomic mass is 79.9. The molecule has 1 aliphatic rings. The Bertz CT molecular complexity index is 399. The lowest BCUT2D eigenvalue weighted by atomic mass is 9.88. The summed E-state index contributed by atoms with van der Waals surface area (Å²) in [4.78, 5) is 0. The fourth-order valence-corrected chi connectivity index (χ4v) is 2.15. The molecule has 0 saturated heterocycles. The Morgan fingerprint density at radius 2 is 2.33 bits per heavy atom. The van der Waals surface area contributed by atoms with Gasteiger partial charge in [0.25, 0.3) is 0 Å². The molecule has 0 radical (unpaired) electrons. The Hall–Kier alpha value is -0.650. The molecule has 1 unspecified atom stereocenters. The van der Waals surface area contributed by atoms with E-state index in [4.69, 9.17) is 10.5 Å². The largest absolute Gasteiger partial charge is 0.490 e. The summed E-state index contributed by atoms with van der Waals surface area (Å²) in [7, 11) is 0. The molecule has 0 fully saturated rings. The van der Waals surface area contributed by atoms with Crippen molar-refractivity contribution in [1.82, 2.24) is 0 Å². The first-order valence-electron chi connectivity index (χ1n) is 4.61. The van der Waals surface area contributed by atoms with Crippen LogP contribution < -0.4 is 10.5 Å². The summed E-state index contributed by atoms with van der Waals surface area (Å²) in [5.41, 5.74) is 4.75. The maximum atomic E-state index is 13.5. The maximum absolute atomic E-state index is 13.5. The molecule has 1 aromatic rings. The summed E-state index contributed by atoms with van der Waals surface area (Å²) in [6.45, 7) is 0.332. The van der Waals surface area contributed by atoms with E-state index in [9.17, 15) is 9.50 Å². The van der Waals surface area contributed by atoms with Crippen molar-refractivity contribution >= 4 is 15.9 Å². The van der Waals surface area contributed by atoms with E-state index in [2.05, 4.69) is 15.9 Å². The van der Waals surface area contributed by atoms with Gasteiger partial charge in [0.15, 0.2) is 11.6 Å². The van der Waals surface area contributed by atoms with Gasteiger partial charge in [0.1, 0.15) is 5.60 Å². The number of hydrogen-bond donors (Lipinski definition) is 2. The van der Waals surface area contributed by atoms with Crippen LogP contribution in [0.3, 0.4) is 0 Å². The first kappa shape index (κ1) is 10.9. The molecule has 0 saturated carbocycles. The highest BCUT2D eigenvalue weighted by Gasteiger charge is 2.36. The number of rotatable bonds is 1. The van der Waals surface area contributed by atoms with Gasteiger partial charge in [-0.15, -0.1) is 0 Å². The minimum atomic E-state index is -1.18. The van der Waals surface area contributed by atoms with Gasteiger partial charge in [-0.05, 0) is 12.1 Å². The van der Waals surface area contributed by atoms with Crippen molar-refractivity contribution in [3.05, 3.63) is 28.0 Å². The van der Waals surface area contributed by atoms with Crippen LogP contribution in [0.1, 0.15) is 12.0 Å². The van der Waals surface area contributed by atoms with Crippen LogP contribution in [0.15, 0.2) is 16.6 Å². The van der Waals surface area contributed by atoms with Crippen molar-refractivity contribution in [3.63, 3.8) is 0 Å². The molecule has 1 heterocycles. The molecule has 3 N–H and O–H groups in total. The predicted molar refractivity (Wildman–Crippen MR) is 57.2 cm³/mol. The second-order valence-electron chi connectivity index (χ2n) is 3.60. The molecule has 82 valence electrons. The number of aliphatic hydroxyl groups is 1. The molecular formula is C10H11BrFNO2. The number of nitrogens with two attached hydrogens (primary N) is 1. The quantitative estimate of drug-likeness (QED) is 0.817. The van der Waals surface area contributed by atoms with Crippen molar-refractivity contribution in [2.75, 3.05) is 13.2 Å². The van der Waals surface area contributed by atoms with Crippen LogP contribution in [0.4, 0.5) is 4.39 Å². The summed E-state index contributed by atoms with van der Waals surface area (Å²) >= 11 is 3.17. The van der Waals surface area contributed by atoms with Crippen LogP contribution in [0, 0.1) is 5.82 Å². The van der Waals surface area contributed by atoms with E-state index in [0.29, 0.717) is 16.5 Å². The molecular weight excluding hydrogens is 265 g/mol. The fraction of sp³-hybridized carbons (Fsp3) is 0.400. The molecule has 2 rings (SSSR count). The number of benzene rings is 1. The number of hydrogen-bond acceptors (Lipinski definition) is 3. The van der Waals surface area contributed by atoms with Crippen molar-refractivity contribution < 1.29 is 14.2 Å².